The van der Waals surface area contributed by atoms with Crippen molar-refractivity contribution in [3.05, 3.63) is 42.5 Å². The van der Waals surface area contributed by atoms with Crippen LogP contribution in [0.3, 0.4) is 0 Å². The Labute approximate surface area is 130 Å². The van der Waals surface area contributed by atoms with E-state index in [0.29, 0.717) is 19.7 Å². The first-order valence-electron chi connectivity index (χ1n) is 7.43. The Hall–Kier alpha value is -1.44. The van der Waals surface area contributed by atoms with E-state index >= 15 is 0 Å². The van der Waals surface area contributed by atoms with E-state index in [-0.39, 0.29) is 18.7 Å². The third-order valence-electron chi connectivity index (χ3n) is 3.81. The highest BCUT2D eigenvalue weighted by Crippen LogP contribution is 2.18. The number of rotatable bonds is 8. The fourth-order valence-electron chi connectivity index (χ4n) is 2.48. The maximum Gasteiger partial charge on any atom is 0.119 e. The van der Waals surface area contributed by atoms with Gasteiger partial charge < -0.3 is 30.7 Å². The van der Waals surface area contributed by atoms with E-state index < -0.39 is 12.2 Å². The van der Waals surface area contributed by atoms with E-state index in [0.717, 1.165) is 11.3 Å². The summed E-state index contributed by atoms with van der Waals surface area (Å²) in [6.07, 6.45) is 0.155. The number of β-amino-alcohol motifs (C(OH)–C–C–N with tert-alkyl or cyclic N) is 1. The molecule has 1 aromatic rings. The number of aliphatic hydroxyl groups excluding tert-OH is 3. The largest absolute Gasteiger partial charge is 0.490 e. The number of nitrogens with one attached hydrogen (secondary N) is 2. The van der Waals surface area contributed by atoms with Crippen LogP contribution >= 0.6 is 0 Å². The summed E-state index contributed by atoms with van der Waals surface area (Å²) in [6, 6.07) is 7.00. The van der Waals surface area contributed by atoms with Crippen LogP contribution in [0.2, 0.25) is 0 Å². The number of aliphatic hydroxyl groups is 3. The Bertz CT molecular complexity index is 466. The lowest BCUT2D eigenvalue weighted by molar-refractivity contribution is 0.0399. The van der Waals surface area contributed by atoms with E-state index in [1.165, 1.54) is 0 Å². The average Bonchev–Trinajstić information content (AvgIpc) is 2.86. The lowest BCUT2D eigenvalue weighted by Gasteiger charge is -2.22. The minimum absolute atomic E-state index is 0.0573. The fourth-order valence-corrected chi connectivity index (χ4v) is 2.48. The van der Waals surface area contributed by atoms with Crippen molar-refractivity contribution < 1.29 is 20.1 Å². The molecule has 6 heteroatoms. The van der Waals surface area contributed by atoms with Crippen LogP contribution in [0.1, 0.15) is 11.6 Å². The maximum absolute atomic E-state index is 9.79. The van der Waals surface area contributed by atoms with Gasteiger partial charge in [0.05, 0.1) is 24.9 Å². The van der Waals surface area contributed by atoms with Crippen molar-refractivity contribution >= 4 is 0 Å². The molecule has 2 rings (SSSR count). The summed E-state index contributed by atoms with van der Waals surface area (Å²) in [5.74, 6) is 0.747. The molecule has 0 aliphatic carbocycles. The van der Waals surface area contributed by atoms with Gasteiger partial charge in [0.1, 0.15) is 12.4 Å². The van der Waals surface area contributed by atoms with Gasteiger partial charge in [0.15, 0.2) is 0 Å². The number of benzene rings is 1. The predicted octanol–water partition coefficient (Wildman–Crippen LogP) is -0.432. The van der Waals surface area contributed by atoms with Gasteiger partial charge in [-0.25, -0.2) is 0 Å². The summed E-state index contributed by atoms with van der Waals surface area (Å²) in [6.45, 7) is 4.83. The van der Waals surface area contributed by atoms with Crippen LogP contribution in [0, 0.1) is 0 Å². The fraction of sp³-hybridized carbons (Fsp3) is 0.500. The lowest BCUT2D eigenvalue weighted by atomic mass is 10.1. The second-order valence-corrected chi connectivity index (χ2v) is 5.38. The van der Waals surface area contributed by atoms with E-state index in [1.807, 2.05) is 24.3 Å². The van der Waals surface area contributed by atoms with Crippen LogP contribution < -0.4 is 15.4 Å². The molecule has 0 aromatic heterocycles. The van der Waals surface area contributed by atoms with Gasteiger partial charge in [-0.05, 0) is 17.7 Å². The van der Waals surface area contributed by atoms with Gasteiger partial charge in [0, 0.05) is 19.1 Å². The Morgan fingerprint density at radius 2 is 2.09 bits per heavy atom. The van der Waals surface area contributed by atoms with Crippen LogP contribution in [-0.4, -0.2) is 59.9 Å². The van der Waals surface area contributed by atoms with Crippen molar-refractivity contribution in [2.24, 2.45) is 0 Å². The van der Waals surface area contributed by atoms with E-state index in [4.69, 9.17) is 4.74 Å². The molecule has 1 aliphatic heterocycles. The molecule has 0 saturated carbocycles. The zero-order valence-corrected chi connectivity index (χ0v) is 12.5. The SMILES string of the molecule is C=CCOc1ccc(C(CO)NC[C@H]2NC[C@H](O)[C@@H]2O)cc1. The normalized spacial score (nSPS) is 25.9. The summed E-state index contributed by atoms with van der Waals surface area (Å²) >= 11 is 0. The number of hydrogen-bond acceptors (Lipinski definition) is 6. The molecule has 1 heterocycles. The topological polar surface area (TPSA) is 94.0 Å². The average molecular weight is 308 g/mol. The van der Waals surface area contributed by atoms with Crippen LogP contribution in [-0.2, 0) is 0 Å². The van der Waals surface area contributed by atoms with Gasteiger partial charge in [-0.3, -0.25) is 0 Å². The van der Waals surface area contributed by atoms with E-state index in [2.05, 4.69) is 17.2 Å². The quantitative estimate of drug-likeness (QED) is 0.418. The summed E-state index contributed by atoms with van der Waals surface area (Å²) in [5, 5.41) is 35.1. The standard InChI is InChI=1S/C16H24N2O4/c1-2-7-22-12-5-3-11(4-6-12)14(10-19)17-8-13-16(21)15(20)9-18-13/h2-6,13-21H,1,7-10H2/t13-,14?,15+,16-/m1/s1. The second kappa shape index (κ2) is 8.26. The summed E-state index contributed by atoms with van der Waals surface area (Å²) in [7, 11) is 0. The number of ether oxygens (including phenoxy) is 1. The first-order valence-corrected chi connectivity index (χ1v) is 7.43. The summed E-state index contributed by atoms with van der Waals surface area (Å²) < 4.78 is 5.42. The van der Waals surface area contributed by atoms with Crippen LogP contribution in [0.5, 0.6) is 5.75 Å². The van der Waals surface area contributed by atoms with Gasteiger partial charge >= 0.3 is 0 Å². The molecule has 0 amide bonds. The Balaban J connectivity index is 1.89. The van der Waals surface area contributed by atoms with Crippen LogP contribution in [0.25, 0.3) is 0 Å². The van der Waals surface area contributed by atoms with Crippen molar-refractivity contribution in [1.82, 2.24) is 10.6 Å². The maximum atomic E-state index is 9.79. The Kier molecular flexibility index (Phi) is 6.35. The number of hydrogen-bond donors (Lipinski definition) is 5. The zero-order chi connectivity index (χ0) is 15.9. The minimum atomic E-state index is -0.790. The Morgan fingerprint density at radius 1 is 1.36 bits per heavy atom. The molecule has 0 radical (unpaired) electrons. The van der Waals surface area contributed by atoms with Gasteiger partial charge in [0.2, 0.25) is 0 Å². The molecule has 4 atom stereocenters. The second-order valence-electron chi connectivity index (χ2n) is 5.38. The lowest BCUT2D eigenvalue weighted by Crippen LogP contribution is -2.43. The molecule has 0 spiro atoms. The molecule has 0 bridgehead atoms. The van der Waals surface area contributed by atoms with Crippen molar-refractivity contribution in [2.75, 3.05) is 26.3 Å². The first-order chi connectivity index (χ1) is 10.7. The molecule has 1 fully saturated rings. The van der Waals surface area contributed by atoms with Gasteiger partial charge in [-0.15, -0.1) is 0 Å². The predicted molar refractivity (Wildman–Crippen MR) is 83.8 cm³/mol. The van der Waals surface area contributed by atoms with Gasteiger partial charge in [0.25, 0.3) is 0 Å². The monoisotopic (exact) mass is 308 g/mol. The van der Waals surface area contributed by atoms with Crippen molar-refractivity contribution in [3.63, 3.8) is 0 Å². The minimum Gasteiger partial charge on any atom is -0.490 e. The summed E-state index contributed by atoms with van der Waals surface area (Å²) in [4.78, 5) is 0. The highest BCUT2D eigenvalue weighted by molar-refractivity contribution is 5.29. The highest BCUT2D eigenvalue weighted by atomic mass is 16.5. The molecule has 22 heavy (non-hydrogen) atoms. The summed E-state index contributed by atoms with van der Waals surface area (Å²) in [5.41, 5.74) is 0.932. The molecule has 1 unspecified atom stereocenters. The van der Waals surface area contributed by atoms with Crippen molar-refractivity contribution in [3.8, 4) is 5.75 Å². The smallest absolute Gasteiger partial charge is 0.119 e. The van der Waals surface area contributed by atoms with Gasteiger partial charge in [-0.1, -0.05) is 24.8 Å². The van der Waals surface area contributed by atoms with Crippen molar-refractivity contribution in [1.29, 1.82) is 0 Å². The third-order valence-corrected chi connectivity index (χ3v) is 3.81. The first kappa shape index (κ1) is 16.9. The zero-order valence-electron chi connectivity index (χ0n) is 12.5. The molecule has 6 nitrogen and oxygen atoms in total. The molecule has 122 valence electrons. The third kappa shape index (κ3) is 4.28. The van der Waals surface area contributed by atoms with Crippen molar-refractivity contribution in [2.45, 2.75) is 24.3 Å². The van der Waals surface area contributed by atoms with Crippen LogP contribution in [0.4, 0.5) is 0 Å². The van der Waals surface area contributed by atoms with Crippen LogP contribution in [0.15, 0.2) is 36.9 Å². The molecule has 1 aromatic carbocycles. The van der Waals surface area contributed by atoms with E-state index in [1.54, 1.807) is 6.08 Å². The molecule has 5 N–H and O–H groups in total. The van der Waals surface area contributed by atoms with E-state index in [9.17, 15) is 15.3 Å². The molecular weight excluding hydrogens is 284 g/mol. The highest BCUT2D eigenvalue weighted by Gasteiger charge is 2.32. The van der Waals surface area contributed by atoms with Gasteiger partial charge in [-0.2, -0.15) is 0 Å². The molecular formula is C16H24N2O4. The molecule has 1 saturated heterocycles. The molecule has 1 aliphatic rings. The Morgan fingerprint density at radius 3 is 2.64 bits per heavy atom.